The van der Waals surface area contributed by atoms with Crippen LogP contribution in [0.3, 0.4) is 0 Å². The molecule has 0 unspecified atom stereocenters. The van der Waals surface area contributed by atoms with E-state index in [0.717, 1.165) is 32.7 Å². The summed E-state index contributed by atoms with van der Waals surface area (Å²) >= 11 is 13.8. The summed E-state index contributed by atoms with van der Waals surface area (Å²) in [5.41, 5.74) is 4.44. The van der Waals surface area contributed by atoms with E-state index in [0.29, 0.717) is 15.8 Å². The zero-order chi connectivity index (χ0) is 20.9. The molecule has 0 saturated heterocycles. The SMILES string of the molecule is O=C(CSCc1c(Cl)cccc1Cl)N/N=C\c1c2ccccc2cc2ccccc12. The first-order valence-electron chi connectivity index (χ1n) is 9.36. The molecule has 0 spiro atoms. The highest BCUT2D eigenvalue weighted by atomic mass is 35.5. The average molecular weight is 453 g/mol. The molecule has 0 radical (unpaired) electrons. The number of hydrazone groups is 1. The number of hydrogen-bond acceptors (Lipinski definition) is 3. The summed E-state index contributed by atoms with van der Waals surface area (Å²) in [7, 11) is 0. The molecule has 4 aromatic carbocycles. The van der Waals surface area contributed by atoms with Crippen molar-refractivity contribution < 1.29 is 4.79 Å². The molecule has 0 atom stereocenters. The van der Waals surface area contributed by atoms with Crippen LogP contribution in [0.25, 0.3) is 21.5 Å². The zero-order valence-corrected chi connectivity index (χ0v) is 18.3. The van der Waals surface area contributed by atoms with Crippen LogP contribution in [0.1, 0.15) is 11.1 Å². The van der Waals surface area contributed by atoms with Crippen molar-refractivity contribution in [1.29, 1.82) is 0 Å². The average Bonchev–Trinajstić information content (AvgIpc) is 2.75. The number of carbonyl (C=O) groups excluding carboxylic acids is 1. The van der Waals surface area contributed by atoms with Gasteiger partial charge in [-0.2, -0.15) is 5.10 Å². The quantitative estimate of drug-likeness (QED) is 0.201. The summed E-state index contributed by atoms with van der Waals surface area (Å²) in [5, 5.41) is 9.89. The van der Waals surface area contributed by atoms with Gasteiger partial charge in [0.1, 0.15) is 0 Å². The fraction of sp³-hybridized carbons (Fsp3) is 0.0833. The van der Waals surface area contributed by atoms with E-state index in [-0.39, 0.29) is 11.7 Å². The largest absolute Gasteiger partial charge is 0.272 e. The molecule has 0 aromatic heterocycles. The first-order valence-corrected chi connectivity index (χ1v) is 11.3. The Balaban J connectivity index is 1.45. The van der Waals surface area contributed by atoms with Gasteiger partial charge in [-0.1, -0.05) is 77.8 Å². The molecule has 150 valence electrons. The molecular weight excluding hydrogens is 435 g/mol. The summed E-state index contributed by atoms with van der Waals surface area (Å²) in [6, 6.07) is 23.9. The molecule has 1 amide bonds. The van der Waals surface area contributed by atoms with Crippen molar-refractivity contribution in [2.75, 3.05) is 5.75 Å². The summed E-state index contributed by atoms with van der Waals surface area (Å²) in [5.74, 6) is 0.641. The minimum absolute atomic E-state index is 0.177. The predicted octanol–water partition coefficient (Wildman–Crippen LogP) is 6.68. The van der Waals surface area contributed by atoms with E-state index in [2.05, 4.69) is 40.9 Å². The highest BCUT2D eigenvalue weighted by Gasteiger charge is 2.08. The fourth-order valence-corrected chi connectivity index (χ4v) is 4.86. The van der Waals surface area contributed by atoms with Gasteiger partial charge in [0.25, 0.3) is 0 Å². The van der Waals surface area contributed by atoms with Gasteiger partial charge >= 0.3 is 0 Å². The number of hydrogen-bond donors (Lipinski definition) is 1. The molecule has 4 rings (SSSR count). The molecule has 0 aliphatic rings. The van der Waals surface area contributed by atoms with Crippen LogP contribution in [0.4, 0.5) is 0 Å². The Hall–Kier alpha value is -2.53. The number of rotatable bonds is 6. The first-order chi connectivity index (χ1) is 14.6. The van der Waals surface area contributed by atoms with Crippen molar-refractivity contribution in [3.63, 3.8) is 0 Å². The highest BCUT2D eigenvalue weighted by molar-refractivity contribution is 7.99. The van der Waals surface area contributed by atoms with Gasteiger partial charge in [-0.25, -0.2) is 5.43 Å². The van der Waals surface area contributed by atoms with Crippen molar-refractivity contribution in [2.45, 2.75) is 5.75 Å². The number of carbonyl (C=O) groups is 1. The van der Waals surface area contributed by atoms with Crippen LogP contribution in [0, 0.1) is 0 Å². The molecule has 0 saturated carbocycles. The molecule has 6 heteroatoms. The van der Waals surface area contributed by atoms with Crippen LogP contribution >= 0.6 is 35.0 Å². The molecule has 3 nitrogen and oxygen atoms in total. The zero-order valence-electron chi connectivity index (χ0n) is 15.9. The van der Waals surface area contributed by atoms with E-state index < -0.39 is 0 Å². The lowest BCUT2D eigenvalue weighted by atomic mass is 9.97. The minimum Gasteiger partial charge on any atom is -0.272 e. The topological polar surface area (TPSA) is 41.5 Å². The van der Waals surface area contributed by atoms with Gasteiger partial charge in [-0.15, -0.1) is 11.8 Å². The van der Waals surface area contributed by atoms with Gasteiger partial charge in [0.15, 0.2) is 0 Å². The molecule has 30 heavy (non-hydrogen) atoms. The van der Waals surface area contributed by atoms with Crippen LogP contribution < -0.4 is 5.43 Å². The van der Waals surface area contributed by atoms with E-state index >= 15 is 0 Å². The van der Waals surface area contributed by atoms with Crippen molar-refractivity contribution in [3.05, 3.63) is 94.0 Å². The summed E-state index contributed by atoms with van der Waals surface area (Å²) in [6.45, 7) is 0. The normalized spacial score (nSPS) is 11.4. The van der Waals surface area contributed by atoms with Crippen LogP contribution in [0.5, 0.6) is 0 Å². The summed E-state index contributed by atoms with van der Waals surface area (Å²) < 4.78 is 0. The third-order valence-corrected chi connectivity index (χ3v) is 6.40. The Kier molecular flexibility index (Phi) is 6.58. The van der Waals surface area contributed by atoms with Crippen LogP contribution in [-0.2, 0) is 10.5 Å². The predicted molar refractivity (Wildman–Crippen MR) is 130 cm³/mol. The lowest BCUT2D eigenvalue weighted by molar-refractivity contribution is -0.118. The molecule has 0 aliphatic carbocycles. The Bertz CT molecular complexity index is 1180. The molecule has 0 bridgehead atoms. The Labute approximate surface area is 189 Å². The number of thioether (sulfide) groups is 1. The van der Waals surface area contributed by atoms with Crippen LogP contribution in [-0.4, -0.2) is 17.9 Å². The van der Waals surface area contributed by atoms with E-state index in [1.807, 2.05) is 24.3 Å². The van der Waals surface area contributed by atoms with Gasteiger partial charge in [-0.05, 0) is 45.3 Å². The molecule has 0 fully saturated rings. The van der Waals surface area contributed by atoms with Crippen molar-refractivity contribution in [3.8, 4) is 0 Å². The van der Waals surface area contributed by atoms with Gasteiger partial charge in [0.2, 0.25) is 5.91 Å². The Morgan fingerprint density at radius 2 is 1.50 bits per heavy atom. The van der Waals surface area contributed by atoms with Crippen LogP contribution in [0.15, 0.2) is 77.9 Å². The van der Waals surface area contributed by atoms with Crippen molar-refractivity contribution >= 4 is 68.6 Å². The molecule has 0 heterocycles. The third-order valence-electron chi connectivity index (χ3n) is 4.74. The monoisotopic (exact) mass is 452 g/mol. The lowest BCUT2D eigenvalue weighted by Gasteiger charge is -2.08. The maximum atomic E-state index is 12.2. The van der Waals surface area contributed by atoms with E-state index in [1.54, 1.807) is 24.4 Å². The van der Waals surface area contributed by atoms with E-state index in [4.69, 9.17) is 23.2 Å². The van der Waals surface area contributed by atoms with E-state index in [1.165, 1.54) is 11.8 Å². The fourth-order valence-electron chi connectivity index (χ4n) is 3.31. The number of benzene rings is 4. The third kappa shape index (κ3) is 4.62. The van der Waals surface area contributed by atoms with Crippen molar-refractivity contribution in [2.24, 2.45) is 5.10 Å². The lowest BCUT2D eigenvalue weighted by Crippen LogP contribution is -2.19. The number of halogens is 2. The number of amides is 1. The Morgan fingerprint density at radius 1 is 0.900 bits per heavy atom. The first kappa shape index (κ1) is 20.7. The summed E-state index contributed by atoms with van der Waals surface area (Å²) in [4.78, 5) is 12.2. The molecule has 1 N–H and O–H groups in total. The second kappa shape index (κ2) is 9.52. The van der Waals surface area contributed by atoms with E-state index in [9.17, 15) is 4.79 Å². The number of nitrogens with zero attached hydrogens (tertiary/aromatic N) is 1. The molecule has 0 aliphatic heterocycles. The maximum absolute atomic E-state index is 12.2. The van der Waals surface area contributed by atoms with Gasteiger partial charge in [0, 0.05) is 21.4 Å². The molecule has 4 aromatic rings. The second-order valence-electron chi connectivity index (χ2n) is 6.72. The van der Waals surface area contributed by atoms with Gasteiger partial charge in [0.05, 0.1) is 12.0 Å². The smallest absolute Gasteiger partial charge is 0.250 e. The number of nitrogens with one attached hydrogen (secondary N) is 1. The van der Waals surface area contributed by atoms with Crippen LogP contribution in [0.2, 0.25) is 10.0 Å². The maximum Gasteiger partial charge on any atom is 0.250 e. The highest BCUT2D eigenvalue weighted by Crippen LogP contribution is 2.28. The van der Waals surface area contributed by atoms with Gasteiger partial charge in [-0.3, -0.25) is 4.79 Å². The standard InChI is InChI=1S/C24H18Cl2N2OS/c25-22-10-5-11-23(26)21(22)14-30-15-24(29)28-27-13-20-18-8-3-1-6-16(18)12-17-7-2-4-9-19(17)20/h1-13H,14-15H2,(H,28,29)/b27-13-. The summed E-state index contributed by atoms with van der Waals surface area (Å²) in [6.07, 6.45) is 1.72. The minimum atomic E-state index is -0.177. The molecular formula is C24H18Cl2N2OS. The second-order valence-corrected chi connectivity index (χ2v) is 8.52. The number of fused-ring (bicyclic) bond motifs is 2. The van der Waals surface area contributed by atoms with Crippen molar-refractivity contribution in [1.82, 2.24) is 5.43 Å². The Morgan fingerprint density at radius 3 is 2.13 bits per heavy atom. The van der Waals surface area contributed by atoms with Gasteiger partial charge < -0.3 is 0 Å².